The number of rotatable bonds is 3. The molecule has 1 aliphatic heterocycles. The highest BCUT2D eigenvalue weighted by molar-refractivity contribution is 9.10. The molecular formula is C16H25BrN2O. The van der Waals surface area contributed by atoms with Gasteiger partial charge in [-0.25, -0.2) is 0 Å². The molecule has 1 heterocycles. The second kappa shape index (κ2) is 6.92. The van der Waals surface area contributed by atoms with Crippen LogP contribution in [0.15, 0.2) is 22.7 Å². The van der Waals surface area contributed by atoms with Gasteiger partial charge in [0.05, 0.1) is 13.2 Å². The van der Waals surface area contributed by atoms with Gasteiger partial charge < -0.3 is 10.5 Å². The number of nitrogens with two attached hydrogens (primary N) is 1. The highest BCUT2D eigenvalue weighted by atomic mass is 79.9. The summed E-state index contributed by atoms with van der Waals surface area (Å²) >= 11 is 3.57. The summed E-state index contributed by atoms with van der Waals surface area (Å²) in [6.45, 7) is 5.59. The predicted molar refractivity (Wildman–Crippen MR) is 87.1 cm³/mol. The van der Waals surface area contributed by atoms with Crippen LogP contribution in [0.1, 0.15) is 44.7 Å². The van der Waals surface area contributed by atoms with Crippen molar-refractivity contribution in [3.05, 3.63) is 28.2 Å². The molecule has 112 valence electrons. The maximum absolute atomic E-state index is 6.50. The Kier molecular flexibility index (Phi) is 5.47. The van der Waals surface area contributed by atoms with Gasteiger partial charge in [-0.15, -0.1) is 0 Å². The fourth-order valence-corrected chi connectivity index (χ4v) is 3.52. The van der Waals surface area contributed by atoms with Gasteiger partial charge in [-0.3, -0.25) is 4.90 Å². The van der Waals surface area contributed by atoms with E-state index in [0.717, 1.165) is 23.2 Å². The lowest BCUT2D eigenvalue weighted by Gasteiger charge is -2.37. The van der Waals surface area contributed by atoms with Gasteiger partial charge in [-0.05, 0) is 51.4 Å². The predicted octanol–water partition coefficient (Wildman–Crippen LogP) is 3.72. The van der Waals surface area contributed by atoms with Crippen molar-refractivity contribution in [1.82, 2.24) is 4.90 Å². The third-order valence-corrected chi connectivity index (χ3v) is 4.63. The molecule has 0 bridgehead atoms. The Morgan fingerprint density at radius 3 is 2.75 bits per heavy atom. The van der Waals surface area contributed by atoms with Crippen molar-refractivity contribution in [2.75, 3.05) is 13.7 Å². The first-order valence-electron chi connectivity index (χ1n) is 7.39. The van der Waals surface area contributed by atoms with Crippen molar-refractivity contribution in [3.8, 4) is 5.75 Å². The standard InChI is InChI=1S/C16H25BrN2O/c1-11(2)19-9-5-4-6-14(18)16(19)13-10-12(17)7-8-15(13)20-3/h7-8,10-11,14,16H,4-6,9,18H2,1-3H3. The van der Waals surface area contributed by atoms with Gasteiger partial charge in [0.2, 0.25) is 0 Å². The number of hydrogen-bond acceptors (Lipinski definition) is 3. The summed E-state index contributed by atoms with van der Waals surface area (Å²) in [4.78, 5) is 2.52. The number of ether oxygens (including phenoxy) is 1. The van der Waals surface area contributed by atoms with Crippen LogP contribution in [-0.2, 0) is 0 Å². The van der Waals surface area contributed by atoms with E-state index in [0.29, 0.717) is 6.04 Å². The highest BCUT2D eigenvalue weighted by Crippen LogP contribution is 2.37. The molecule has 0 saturated carbocycles. The molecule has 0 spiro atoms. The molecule has 3 nitrogen and oxygen atoms in total. The normalized spacial score (nSPS) is 24.7. The van der Waals surface area contributed by atoms with Gasteiger partial charge in [0.15, 0.2) is 0 Å². The molecule has 1 fully saturated rings. The van der Waals surface area contributed by atoms with E-state index in [1.54, 1.807) is 7.11 Å². The zero-order valence-corrected chi connectivity index (χ0v) is 14.2. The lowest BCUT2D eigenvalue weighted by Crippen LogP contribution is -2.43. The largest absolute Gasteiger partial charge is 0.496 e. The van der Waals surface area contributed by atoms with Crippen molar-refractivity contribution in [2.45, 2.75) is 51.2 Å². The minimum absolute atomic E-state index is 0.156. The van der Waals surface area contributed by atoms with Crippen molar-refractivity contribution in [2.24, 2.45) is 5.73 Å². The molecule has 0 radical (unpaired) electrons. The van der Waals surface area contributed by atoms with Gasteiger partial charge in [0.25, 0.3) is 0 Å². The monoisotopic (exact) mass is 340 g/mol. The maximum atomic E-state index is 6.50. The summed E-state index contributed by atoms with van der Waals surface area (Å²) in [5.41, 5.74) is 7.70. The van der Waals surface area contributed by atoms with E-state index >= 15 is 0 Å². The van der Waals surface area contributed by atoms with E-state index in [4.69, 9.17) is 10.5 Å². The minimum Gasteiger partial charge on any atom is -0.496 e. The van der Waals surface area contributed by atoms with Crippen LogP contribution in [-0.4, -0.2) is 30.6 Å². The number of nitrogens with zero attached hydrogens (tertiary/aromatic N) is 1. The number of halogens is 1. The quantitative estimate of drug-likeness (QED) is 0.911. The summed E-state index contributed by atoms with van der Waals surface area (Å²) in [6.07, 6.45) is 3.50. The first-order valence-corrected chi connectivity index (χ1v) is 8.18. The second-order valence-corrected chi connectivity index (χ2v) is 6.74. The van der Waals surface area contributed by atoms with E-state index in [1.165, 1.54) is 18.4 Å². The first-order chi connectivity index (χ1) is 9.54. The number of methoxy groups -OCH3 is 1. The van der Waals surface area contributed by atoms with Crippen molar-refractivity contribution >= 4 is 15.9 Å². The first kappa shape index (κ1) is 15.8. The van der Waals surface area contributed by atoms with Crippen molar-refractivity contribution in [1.29, 1.82) is 0 Å². The third-order valence-electron chi connectivity index (χ3n) is 4.14. The Morgan fingerprint density at radius 2 is 2.10 bits per heavy atom. The van der Waals surface area contributed by atoms with E-state index in [-0.39, 0.29) is 12.1 Å². The summed E-state index contributed by atoms with van der Waals surface area (Å²) in [5, 5.41) is 0. The molecule has 2 N–H and O–H groups in total. The summed E-state index contributed by atoms with van der Waals surface area (Å²) in [7, 11) is 1.73. The second-order valence-electron chi connectivity index (χ2n) is 5.82. The van der Waals surface area contributed by atoms with Gasteiger partial charge >= 0.3 is 0 Å². The Labute approximate surface area is 130 Å². The fourth-order valence-electron chi connectivity index (χ4n) is 3.14. The van der Waals surface area contributed by atoms with Crippen LogP contribution >= 0.6 is 15.9 Å². The lowest BCUT2D eigenvalue weighted by atomic mass is 9.94. The Balaban J connectivity index is 2.46. The average molecular weight is 341 g/mol. The maximum Gasteiger partial charge on any atom is 0.123 e. The van der Waals surface area contributed by atoms with Gasteiger partial charge in [0, 0.05) is 22.1 Å². The van der Waals surface area contributed by atoms with Crippen LogP contribution in [0.25, 0.3) is 0 Å². The van der Waals surface area contributed by atoms with Crippen LogP contribution in [0.2, 0.25) is 0 Å². The van der Waals surface area contributed by atoms with Crippen LogP contribution in [0.5, 0.6) is 5.75 Å². The molecule has 1 aliphatic rings. The summed E-state index contributed by atoms with van der Waals surface area (Å²) in [5.74, 6) is 0.932. The van der Waals surface area contributed by atoms with Crippen molar-refractivity contribution in [3.63, 3.8) is 0 Å². The topological polar surface area (TPSA) is 38.5 Å². The number of benzene rings is 1. The van der Waals surface area contributed by atoms with Crippen LogP contribution < -0.4 is 10.5 Å². The molecule has 4 heteroatoms. The van der Waals surface area contributed by atoms with E-state index in [1.807, 2.05) is 12.1 Å². The molecule has 2 atom stereocenters. The fraction of sp³-hybridized carbons (Fsp3) is 0.625. The Morgan fingerprint density at radius 1 is 1.35 bits per heavy atom. The highest BCUT2D eigenvalue weighted by Gasteiger charge is 2.32. The van der Waals surface area contributed by atoms with Crippen LogP contribution in [0, 0.1) is 0 Å². The molecule has 0 aromatic heterocycles. The average Bonchev–Trinajstić information content (AvgIpc) is 2.60. The summed E-state index contributed by atoms with van der Waals surface area (Å²) < 4.78 is 6.64. The smallest absolute Gasteiger partial charge is 0.123 e. The number of hydrogen-bond donors (Lipinski definition) is 1. The van der Waals surface area contributed by atoms with Gasteiger partial charge in [-0.1, -0.05) is 22.4 Å². The third kappa shape index (κ3) is 3.35. The number of likely N-dealkylation sites (tertiary alicyclic amines) is 1. The zero-order valence-electron chi connectivity index (χ0n) is 12.6. The van der Waals surface area contributed by atoms with E-state index < -0.39 is 0 Å². The Bertz CT molecular complexity index is 450. The molecule has 2 rings (SSSR count). The van der Waals surface area contributed by atoms with E-state index in [2.05, 4.69) is 40.7 Å². The summed E-state index contributed by atoms with van der Waals surface area (Å²) in [6, 6.07) is 7.06. The molecule has 1 aromatic carbocycles. The molecule has 0 amide bonds. The molecule has 2 unspecified atom stereocenters. The molecule has 20 heavy (non-hydrogen) atoms. The SMILES string of the molecule is COc1ccc(Br)cc1C1C(N)CCCCN1C(C)C. The zero-order chi connectivity index (χ0) is 14.7. The lowest BCUT2D eigenvalue weighted by molar-refractivity contribution is 0.141. The molecular weight excluding hydrogens is 316 g/mol. The van der Waals surface area contributed by atoms with Gasteiger partial charge in [0.1, 0.15) is 5.75 Å². The van der Waals surface area contributed by atoms with E-state index in [9.17, 15) is 0 Å². The molecule has 1 saturated heterocycles. The van der Waals surface area contributed by atoms with Crippen LogP contribution in [0.4, 0.5) is 0 Å². The van der Waals surface area contributed by atoms with Crippen LogP contribution in [0.3, 0.4) is 0 Å². The Hall–Kier alpha value is -0.580. The van der Waals surface area contributed by atoms with Gasteiger partial charge in [-0.2, -0.15) is 0 Å². The molecule has 0 aliphatic carbocycles. The molecule has 1 aromatic rings. The minimum atomic E-state index is 0.156. The van der Waals surface area contributed by atoms with Crippen molar-refractivity contribution < 1.29 is 4.74 Å².